The van der Waals surface area contributed by atoms with Gasteiger partial charge in [-0.1, -0.05) is 6.92 Å². The maximum atomic E-state index is 12.6. The first-order valence-corrected chi connectivity index (χ1v) is 8.50. The maximum Gasteiger partial charge on any atom is 0.228 e. The van der Waals surface area contributed by atoms with Gasteiger partial charge in [0, 0.05) is 32.2 Å². The van der Waals surface area contributed by atoms with Gasteiger partial charge in [-0.25, -0.2) is 0 Å². The molecule has 2 fully saturated rings. The Morgan fingerprint density at radius 1 is 1.33 bits per heavy atom. The minimum Gasteiger partial charge on any atom is -0.378 e. The highest BCUT2D eigenvalue weighted by Crippen LogP contribution is 2.22. The van der Waals surface area contributed by atoms with Gasteiger partial charge in [-0.05, 0) is 39.2 Å². The van der Waals surface area contributed by atoms with Gasteiger partial charge in [0.1, 0.15) is 0 Å². The first-order chi connectivity index (χ1) is 10.2. The van der Waals surface area contributed by atoms with E-state index >= 15 is 0 Å². The molecule has 0 aromatic rings. The van der Waals surface area contributed by atoms with Gasteiger partial charge in [0.05, 0.1) is 18.6 Å². The van der Waals surface area contributed by atoms with Crippen LogP contribution in [0.4, 0.5) is 0 Å². The molecule has 1 amide bonds. The summed E-state index contributed by atoms with van der Waals surface area (Å²) in [6, 6.07) is 0.569. The van der Waals surface area contributed by atoms with E-state index in [1.807, 2.05) is 0 Å². The average molecular weight is 297 g/mol. The lowest BCUT2D eigenvalue weighted by molar-refractivity contribution is -0.135. The van der Waals surface area contributed by atoms with Crippen LogP contribution in [0.1, 0.15) is 39.5 Å². The molecular formula is C16H31N3O2. The molecule has 2 heterocycles. The number of carbonyl (C=O) groups is 1. The highest BCUT2D eigenvalue weighted by Gasteiger charge is 2.32. The van der Waals surface area contributed by atoms with Gasteiger partial charge in [-0.2, -0.15) is 0 Å². The molecule has 0 aromatic heterocycles. The summed E-state index contributed by atoms with van der Waals surface area (Å²) in [7, 11) is 0. The second-order valence-corrected chi connectivity index (χ2v) is 6.43. The zero-order chi connectivity index (χ0) is 15.2. The fourth-order valence-corrected chi connectivity index (χ4v) is 3.61. The van der Waals surface area contributed by atoms with Gasteiger partial charge in [0.2, 0.25) is 5.91 Å². The van der Waals surface area contributed by atoms with E-state index in [1.54, 1.807) is 0 Å². The molecule has 0 aliphatic carbocycles. The second-order valence-electron chi connectivity index (χ2n) is 6.43. The Morgan fingerprint density at radius 2 is 2.14 bits per heavy atom. The molecule has 2 N–H and O–H groups in total. The van der Waals surface area contributed by atoms with E-state index in [1.165, 1.54) is 0 Å². The number of nitrogens with zero attached hydrogens (tertiary/aromatic N) is 2. The summed E-state index contributed by atoms with van der Waals surface area (Å²) in [5.41, 5.74) is 5.72. The summed E-state index contributed by atoms with van der Waals surface area (Å²) in [6.45, 7) is 9.43. The van der Waals surface area contributed by atoms with Crippen molar-refractivity contribution in [3.05, 3.63) is 0 Å². The fraction of sp³-hybridized carbons (Fsp3) is 0.938. The molecule has 5 heteroatoms. The Kier molecular flexibility index (Phi) is 6.45. The van der Waals surface area contributed by atoms with Gasteiger partial charge in [0.25, 0.3) is 0 Å². The lowest BCUT2D eigenvalue weighted by Crippen LogP contribution is -2.41. The molecule has 0 bridgehead atoms. The van der Waals surface area contributed by atoms with Gasteiger partial charge >= 0.3 is 0 Å². The molecule has 0 radical (unpaired) electrons. The predicted octanol–water partition coefficient (Wildman–Crippen LogP) is 1.07. The Hall–Kier alpha value is -0.650. The van der Waals surface area contributed by atoms with Crippen LogP contribution in [-0.2, 0) is 9.53 Å². The molecular weight excluding hydrogens is 266 g/mol. The topological polar surface area (TPSA) is 58.8 Å². The van der Waals surface area contributed by atoms with Crippen molar-refractivity contribution >= 4 is 5.91 Å². The van der Waals surface area contributed by atoms with Crippen molar-refractivity contribution in [3.8, 4) is 0 Å². The lowest BCUT2D eigenvalue weighted by atomic mass is 10.0. The van der Waals surface area contributed by atoms with E-state index < -0.39 is 0 Å². The zero-order valence-corrected chi connectivity index (χ0v) is 13.6. The normalized spacial score (nSPS) is 29.4. The molecule has 2 saturated heterocycles. The Balaban J connectivity index is 1.86. The van der Waals surface area contributed by atoms with Crippen molar-refractivity contribution in [1.82, 2.24) is 9.80 Å². The predicted molar refractivity (Wildman–Crippen MR) is 84.0 cm³/mol. The van der Waals surface area contributed by atoms with Crippen molar-refractivity contribution in [2.75, 3.05) is 39.3 Å². The van der Waals surface area contributed by atoms with Crippen LogP contribution in [-0.4, -0.2) is 67.2 Å². The first-order valence-electron chi connectivity index (χ1n) is 8.50. The highest BCUT2D eigenvalue weighted by atomic mass is 16.5. The standard InChI is InChI=1S/C16H31N3O2/c1-3-15(5-6-17)18-7-4-8-19(10-9-18)16(20)14-11-13(2)21-12-14/h13-15H,3-12,17H2,1-2H3. The van der Waals surface area contributed by atoms with Crippen LogP contribution in [0.25, 0.3) is 0 Å². The minimum atomic E-state index is 0.0811. The first kappa shape index (κ1) is 16.7. The number of amides is 1. The molecule has 0 aromatic carbocycles. The molecule has 2 aliphatic rings. The van der Waals surface area contributed by atoms with Crippen molar-refractivity contribution in [2.24, 2.45) is 11.7 Å². The van der Waals surface area contributed by atoms with E-state index in [-0.39, 0.29) is 12.0 Å². The Bertz CT molecular complexity index is 337. The van der Waals surface area contributed by atoms with Gasteiger partial charge in [0.15, 0.2) is 0 Å². The summed E-state index contributed by atoms with van der Waals surface area (Å²) in [5.74, 6) is 0.380. The number of carbonyl (C=O) groups excluding carboxylic acids is 1. The summed E-state index contributed by atoms with van der Waals surface area (Å²) in [4.78, 5) is 17.2. The fourth-order valence-electron chi connectivity index (χ4n) is 3.61. The third-order valence-corrected chi connectivity index (χ3v) is 4.88. The monoisotopic (exact) mass is 297 g/mol. The highest BCUT2D eigenvalue weighted by molar-refractivity contribution is 5.79. The molecule has 3 unspecified atom stereocenters. The second kappa shape index (κ2) is 8.11. The van der Waals surface area contributed by atoms with E-state index in [0.29, 0.717) is 18.6 Å². The third-order valence-electron chi connectivity index (χ3n) is 4.88. The quantitative estimate of drug-likeness (QED) is 0.825. The van der Waals surface area contributed by atoms with E-state index in [9.17, 15) is 4.79 Å². The third kappa shape index (κ3) is 4.41. The molecule has 5 nitrogen and oxygen atoms in total. The number of hydrogen-bond acceptors (Lipinski definition) is 4. The summed E-state index contributed by atoms with van der Waals surface area (Å²) in [6.07, 6.45) is 4.37. The number of rotatable bonds is 5. The van der Waals surface area contributed by atoms with Crippen LogP contribution in [0, 0.1) is 5.92 Å². The van der Waals surface area contributed by atoms with Crippen LogP contribution in [0.2, 0.25) is 0 Å². The Labute approximate surface area is 128 Å². The minimum absolute atomic E-state index is 0.0811. The SMILES string of the molecule is CCC(CCN)N1CCCN(C(=O)C2COC(C)C2)CC1. The summed E-state index contributed by atoms with van der Waals surface area (Å²) < 4.78 is 5.55. The smallest absolute Gasteiger partial charge is 0.228 e. The molecule has 2 aliphatic heterocycles. The van der Waals surface area contributed by atoms with Crippen LogP contribution in [0.15, 0.2) is 0 Å². The number of ether oxygens (including phenoxy) is 1. The van der Waals surface area contributed by atoms with Gasteiger partial charge in [-0.15, -0.1) is 0 Å². The van der Waals surface area contributed by atoms with Gasteiger partial charge < -0.3 is 15.4 Å². The molecule has 0 spiro atoms. The van der Waals surface area contributed by atoms with Crippen molar-refractivity contribution in [1.29, 1.82) is 0 Å². The molecule has 3 atom stereocenters. The number of hydrogen-bond donors (Lipinski definition) is 1. The molecule has 21 heavy (non-hydrogen) atoms. The van der Waals surface area contributed by atoms with Crippen LogP contribution < -0.4 is 5.73 Å². The Morgan fingerprint density at radius 3 is 2.76 bits per heavy atom. The largest absolute Gasteiger partial charge is 0.378 e. The average Bonchev–Trinajstić information content (AvgIpc) is 2.77. The lowest BCUT2D eigenvalue weighted by Gasteiger charge is -2.30. The molecule has 0 saturated carbocycles. The van der Waals surface area contributed by atoms with Crippen molar-refractivity contribution < 1.29 is 9.53 Å². The van der Waals surface area contributed by atoms with Crippen LogP contribution >= 0.6 is 0 Å². The van der Waals surface area contributed by atoms with Crippen molar-refractivity contribution in [3.63, 3.8) is 0 Å². The van der Waals surface area contributed by atoms with E-state index in [2.05, 4.69) is 23.6 Å². The maximum absolute atomic E-state index is 12.6. The van der Waals surface area contributed by atoms with E-state index in [0.717, 1.165) is 58.4 Å². The summed E-state index contributed by atoms with van der Waals surface area (Å²) >= 11 is 0. The summed E-state index contributed by atoms with van der Waals surface area (Å²) in [5, 5.41) is 0. The zero-order valence-electron chi connectivity index (χ0n) is 13.6. The van der Waals surface area contributed by atoms with Gasteiger partial charge in [-0.3, -0.25) is 9.69 Å². The molecule has 122 valence electrons. The van der Waals surface area contributed by atoms with E-state index in [4.69, 9.17) is 10.5 Å². The van der Waals surface area contributed by atoms with Crippen molar-refractivity contribution in [2.45, 2.75) is 51.7 Å². The van der Waals surface area contributed by atoms with Crippen LogP contribution in [0.3, 0.4) is 0 Å². The number of nitrogens with two attached hydrogens (primary N) is 1. The van der Waals surface area contributed by atoms with Crippen LogP contribution in [0.5, 0.6) is 0 Å². The molecule has 2 rings (SSSR count).